The molecule has 1 atom stereocenters. The molecular formula is C11H19NO. The summed E-state index contributed by atoms with van der Waals surface area (Å²) >= 11 is 0. The Morgan fingerprint density at radius 2 is 2.15 bits per heavy atom. The maximum atomic E-state index is 9.41. The fourth-order valence-corrected chi connectivity index (χ4v) is 2.50. The summed E-state index contributed by atoms with van der Waals surface area (Å²) in [6.07, 6.45) is 8.63. The molecule has 0 bridgehead atoms. The van der Waals surface area contributed by atoms with E-state index in [1.807, 2.05) is 0 Å². The highest BCUT2D eigenvalue weighted by molar-refractivity contribution is 5.12. The molecule has 0 amide bonds. The van der Waals surface area contributed by atoms with Crippen molar-refractivity contribution in [3.8, 4) is 0 Å². The number of aliphatic hydroxyl groups is 1. The number of hydrogen-bond donors (Lipinski definition) is 2. The minimum atomic E-state index is -0.245. The SMILES string of the molecule is OC1C=C(CC2CCCC2)CNC1. The van der Waals surface area contributed by atoms with E-state index in [2.05, 4.69) is 11.4 Å². The van der Waals surface area contributed by atoms with Crippen molar-refractivity contribution in [2.24, 2.45) is 5.92 Å². The van der Waals surface area contributed by atoms with Gasteiger partial charge in [-0.1, -0.05) is 37.3 Å². The van der Waals surface area contributed by atoms with Gasteiger partial charge in [0.2, 0.25) is 0 Å². The van der Waals surface area contributed by atoms with E-state index in [0.717, 1.165) is 19.0 Å². The van der Waals surface area contributed by atoms with E-state index in [4.69, 9.17) is 0 Å². The van der Waals surface area contributed by atoms with Gasteiger partial charge >= 0.3 is 0 Å². The zero-order valence-electron chi connectivity index (χ0n) is 8.13. The van der Waals surface area contributed by atoms with Crippen molar-refractivity contribution in [2.75, 3.05) is 13.1 Å². The van der Waals surface area contributed by atoms with E-state index >= 15 is 0 Å². The molecule has 0 radical (unpaired) electrons. The Bertz CT molecular complexity index is 194. The number of rotatable bonds is 2. The zero-order valence-corrected chi connectivity index (χ0v) is 8.13. The Kier molecular flexibility index (Phi) is 3.01. The highest BCUT2D eigenvalue weighted by Crippen LogP contribution is 2.30. The standard InChI is InChI=1S/C11H19NO/c13-11-6-10(7-12-8-11)5-9-3-1-2-4-9/h6,9,11-13H,1-5,7-8H2. The normalized spacial score (nSPS) is 30.5. The Balaban J connectivity index is 1.85. The van der Waals surface area contributed by atoms with Gasteiger partial charge in [0.1, 0.15) is 0 Å². The van der Waals surface area contributed by atoms with Gasteiger partial charge in [-0.15, -0.1) is 0 Å². The maximum absolute atomic E-state index is 9.41. The molecule has 13 heavy (non-hydrogen) atoms. The van der Waals surface area contributed by atoms with Crippen LogP contribution in [-0.4, -0.2) is 24.3 Å². The molecule has 2 rings (SSSR count). The quantitative estimate of drug-likeness (QED) is 0.632. The summed E-state index contributed by atoms with van der Waals surface area (Å²) in [5.74, 6) is 0.901. The van der Waals surface area contributed by atoms with Crippen molar-refractivity contribution in [3.63, 3.8) is 0 Å². The van der Waals surface area contributed by atoms with Crippen LogP contribution >= 0.6 is 0 Å². The fraction of sp³-hybridized carbons (Fsp3) is 0.818. The van der Waals surface area contributed by atoms with Crippen molar-refractivity contribution in [3.05, 3.63) is 11.6 Å². The second-order valence-electron chi connectivity index (χ2n) is 4.38. The molecule has 2 aliphatic rings. The van der Waals surface area contributed by atoms with Crippen LogP contribution in [0.4, 0.5) is 0 Å². The van der Waals surface area contributed by atoms with Crippen molar-refractivity contribution in [2.45, 2.75) is 38.2 Å². The monoisotopic (exact) mass is 181 g/mol. The van der Waals surface area contributed by atoms with Crippen LogP contribution in [0.2, 0.25) is 0 Å². The predicted molar refractivity (Wildman–Crippen MR) is 53.5 cm³/mol. The summed E-state index contributed by atoms with van der Waals surface area (Å²) in [6, 6.07) is 0. The lowest BCUT2D eigenvalue weighted by molar-refractivity contribution is 0.211. The van der Waals surface area contributed by atoms with E-state index in [-0.39, 0.29) is 6.10 Å². The van der Waals surface area contributed by atoms with Crippen LogP contribution in [0.15, 0.2) is 11.6 Å². The summed E-state index contributed by atoms with van der Waals surface area (Å²) in [5, 5.41) is 12.7. The van der Waals surface area contributed by atoms with Gasteiger partial charge in [0.25, 0.3) is 0 Å². The molecule has 0 saturated heterocycles. The summed E-state index contributed by atoms with van der Waals surface area (Å²) in [7, 11) is 0. The van der Waals surface area contributed by atoms with Crippen molar-refractivity contribution >= 4 is 0 Å². The Labute approximate surface area is 80.0 Å². The lowest BCUT2D eigenvalue weighted by Gasteiger charge is -2.20. The highest BCUT2D eigenvalue weighted by Gasteiger charge is 2.18. The van der Waals surface area contributed by atoms with Crippen molar-refractivity contribution < 1.29 is 5.11 Å². The molecule has 2 heteroatoms. The first kappa shape index (κ1) is 9.22. The van der Waals surface area contributed by atoms with Crippen LogP contribution in [-0.2, 0) is 0 Å². The van der Waals surface area contributed by atoms with Gasteiger partial charge in [0.15, 0.2) is 0 Å². The third kappa shape index (κ3) is 2.55. The second kappa shape index (κ2) is 4.25. The second-order valence-corrected chi connectivity index (χ2v) is 4.38. The van der Waals surface area contributed by atoms with E-state index in [9.17, 15) is 5.11 Å². The minimum Gasteiger partial charge on any atom is -0.388 e. The molecule has 74 valence electrons. The van der Waals surface area contributed by atoms with Gasteiger partial charge in [-0.25, -0.2) is 0 Å². The van der Waals surface area contributed by atoms with Gasteiger partial charge in [0.05, 0.1) is 6.10 Å². The average Bonchev–Trinajstić information content (AvgIpc) is 2.57. The molecule has 1 saturated carbocycles. The topological polar surface area (TPSA) is 32.3 Å². The minimum absolute atomic E-state index is 0.245. The Hall–Kier alpha value is -0.340. The molecule has 0 aromatic rings. The molecule has 0 aromatic heterocycles. The zero-order chi connectivity index (χ0) is 9.10. The maximum Gasteiger partial charge on any atom is 0.0848 e. The molecular weight excluding hydrogens is 162 g/mol. The highest BCUT2D eigenvalue weighted by atomic mass is 16.3. The van der Waals surface area contributed by atoms with Gasteiger partial charge in [0, 0.05) is 13.1 Å². The summed E-state index contributed by atoms with van der Waals surface area (Å²) in [5.41, 5.74) is 1.42. The molecule has 0 aromatic carbocycles. The molecule has 2 N–H and O–H groups in total. The Morgan fingerprint density at radius 1 is 1.38 bits per heavy atom. The smallest absolute Gasteiger partial charge is 0.0848 e. The summed E-state index contributed by atoms with van der Waals surface area (Å²) in [6.45, 7) is 1.72. The first-order valence-electron chi connectivity index (χ1n) is 5.43. The van der Waals surface area contributed by atoms with Gasteiger partial charge in [-0.3, -0.25) is 0 Å². The first-order chi connectivity index (χ1) is 6.34. The first-order valence-corrected chi connectivity index (χ1v) is 5.43. The largest absolute Gasteiger partial charge is 0.388 e. The fourth-order valence-electron chi connectivity index (χ4n) is 2.50. The van der Waals surface area contributed by atoms with E-state index in [0.29, 0.717) is 0 Å². The van der Waals surface area contributed by atoms with Crippen LogP contribution in [0.1, 0.15) is 32.1 Å². The van der Waals surface area contributed by atoms with Crippen LogP contribution in [0.5, 0.6) is 0 Å². The lowest BCUT2D eigenvalue weighted by Crippen LogP contribution is -2.32. The van der Waals surface area contributed by atoms with Gasteiger partial charge < -0.3 is 10.4 Å². The Morgan fingerprint density at radius 3 is 2.85 bits per heavy atom. The van der Waals surface area contributed by atoms with E-state index in [1.165, 1.54) is 37.7 Å². The van der Waals surface area contributed by atoms with Gasteiger partial charge in [-0.2, -0.15) is 0 Å². The van der Waals surface area contributed by atoms with E-state index < -0.39 is 0 Å². The molecule has 1 fully saturated rings. The summed E-state index contributed by atoms with van der Waals surface area (Å²) in [4.78, 5) is 0. The van der Waals surface area contributed by atoms with Crippen LogP contribution in [0, 0.1) is 5.92 Å². The van der Waals surface area contributed by atoms with E-state index in [1.54, 1.807) is 0 Å². The molecule has 1 heterocycles. The molecule has 0 spiro atoms. The lowest BCUT2D eigenvalue weighted by atomic mass is 9.95. The molecule has 1 unspecified atom stereocenters. The predicted octanol–water partition coefficient (Wildman–Crippen LogP) is 1.46. The van der Waals surface area contributed by atoms with Crippen LogP contribution < -0.4 is 5.32 Å². The molecule has 1 aliphatic carbocycles. The molecule has 2 nitrogen and oxygen atoms in total. The number of nitrogens with one attached hydrogen (secondary N) is 1. The number of β-amino-alcohol motifs (C(OH)–C–C–N with tert-alkyl or cyclic N) is 1. The van der Waals surface area contributed by atoms with Crippen molar-refractivity contribution in [1.82, 2.24) is 5.32 Å². The third-order valence-electron chi connectivity index (χ3n) is 3.16. The van der Waals surface area contributed by atoms with Crippen LogP contribution in [0.25, 0.3) is 0 Å². The average molecular weight is 181 g/mol. The van der Waals surface area contributed by atoms with Gasteiger partial charge in [-0.05, 0) is 12.3 Å². The third-order valence-corrected chi connectivity index (χ3v) is 3.16. The number of aliphatic hydroxyl groups excluding tert-OH is 1. The summed E-state index contributed by atoms with van der Waals surface area (Å²) < 4.78 is 0. The van der Waals surface area contributed by atoms with Crippen molar-refractivity contribution in [1.29, 1.82) is 0 Å². The molecule has 1 aliphatic heterocycles. The number of hydrogen-bond acceptors (Lipinski definition) is 2. The van der Waals surface area contributed by atoms with Crippen LogP contribution in [0.3, 0.4) is 0 Å².